The number of likely N-dealkylation sites (tertiary alicyclic amines) is 1. The molecule has 2 heterocycles. The highest BCUT2D eigenvalue weighted by molar-refractivity contribution is 7.14. The molecule has 126 valence electrons. The van der Waals surface area contributed by atoms with E-state index < -0.39 is 0 Å². The summed E-state index contributed by atoms with van der Waals surface area (Å²) < 4.78 is 0. The Labute approximate surface area is 149 Å². The van der Waals surface area contributed by atoms with Crippen LogP contribution >= 0.6 is 22.9 Å². The van der Waals surface area contributed by atoms with Gasteiger partial charge in [0.15, 0.2) is 5.13 Å². The van der Waals surface area contributed by atoms with E-state index in [1.807, 2.05) is 29.2 Å². The molecule has 5 nitrogen and oxygen atoms in total. The van der Waals surface area contributed by atoms with Crippen LogP contribution in [0.25, 0.3) is 0 Å². The van der Waals surface area contributed by atoms with Gasteiger partial charge in [-0.3, -0.25) is 9.59 Å². The van der Waals surface area contributed by atoms with Crippen LogP contribution in [0, 0.1) is 0 Å². The third-order valence-electron chi connectivity index (χ3n) is 4.06. The van der Waals surface area contributed by atoms with Gasteiger partial charge in [0.25, 0.3) is 5.91 Å². The van der Waals surface area contributed by atoms with Gasteiger partial charge in [0, 0.05) is 29.9 Å². The fourth-order valence-corrected chi connectivity index (χ4v) is 3.90. The van der Waals surface area contributed by atoms with E-state index in [1.54, 1.807) is 5.38 Å². The molecule has 0 spiro atoms. The normalized spacial score (nSPS) is 17.1. The summed E-state index contributed by atoms with van der Waals surface area (Å²) in [5.41, 5.74) is 1.44. The lowest BCUT2D eigenvalue weighted by molar-refractivity contribution is -0.114. The van der Waals surface area contributed by atoms with Gasteiger partial charge in [-0.25, -0.2) is 4.98 Å². The quantitative estimate of drug-likeness (QED) is 0.902. The van der Waals surface area contributed by atoms with Crippen LogP contribution in [0.4, 0.5) is 5.13 Å². The van der Waals surface area contributed by atoms with Gasteiger partial charge in [-0.15, -0.1) is 11.3 Å². The Morgan fingerprint density at radius 3 is 2.96 bits per heavy atom. The van der Waals surface area contributed by atoms with Crippen molar-refractivity contribution in [2.45, 2.75) is 32.2 Å². The van der Waals surface area contributed by atoms with E-state index in [9.17, 15) is 9.59 Å². The first-order valence-electron chi connectivity index (χ1n) is 7.82. The van der Waals surface area contributed by atoms with Gasteiger partial charge in [-0.1, -0.05) is 29.8 Å². The summed E-state index contributed by atoms with van der Waals surface area (Å²) in [6, 6.07) is 7.87. The number of hydrogen-bond acceptors (Lipinski definition) is 4. The van der Waals surface area contributed by atoms with Crippen LogP contribution < -0.4 is 5.32 Å². The van der Waals surface area contributed by atoms with E-state index >= 15 is 0 Å². The fraction of sp³-hybridized carbons (Fsp3) is 0.353. The van der Waals surface area contributed by atoms with E-state index in [4.69, 9.17) is 11.6 Å². The van der Waals surface area contributed by atoms with Crippen LogP contribution in [0.3, 0.4) is 0 Å². The zero-order chi connectivity index (χ0) is 17.1. The molecule has 0 bridgehead atoms. The second-order valence-electron chi connectivity index (χ2n) is 5.81. The summed E-state index contributed by atoms with van der Waals surface area (Å²) in [5, 5.41) is 5.49. The maximum absolute atomic E-state index is 12.8. The van der Waals surface area contributed by atoms with Gasteiger partial charge in [0.2, 0.25) is 5.91 Å². The molecule has 24 heavy (non-hydrogen) atoms. The number of amides is 2. The fourth-order valence-electron chi connectivity index (χ4n) is 2.96. The van der Waals surface area contributed by atoms with Gasteiger partial charge in [-0.2, -0.15) is 0 Å². The number of halogens is 1. The highest BCUT2D eigenvalue weighted by Gasteiger charge is 2.31. The molecule has 1 atom stereocenters. The van der Waals surface area contributed by atoms with Crippen molar-refractivity contribution < 1.29 is 9.59 Å². The Bertz CT molecular complexity index is 762. The Morgan fingerprint density at radius 2 is 2.21 bits per heavy atom. The Balaban J connectivity index is 1.73. The van der Waals surface area contributed by atoms with E-state index in [1.165, 1.54) is 18.3 Å². The first kappa shape index (κ1) is 16.9. The highest BCUT2D eigenvalue weighted by atomic mass is 35.5. The Morgan fingerprint density at radius 1 is 1.42 bits per heavy atom. The van der Waals surface area contributed by atoms with Crippen molar-refractivity contribution >= 4 is 39.9 Å². The lowest BCUT2D eigenvalue weighted by Gasteiger charge is -2.24. The third-order valence-corrected chi connectivity index (χ3v) is 5.18. The molecule has 1 fully saturated rings. The predicted molar refractivity (Wildman–Crippen MR) is 95.6 cm³/mol. The predicted octanol–water partition coefficient (Wildman–Crippen LogP) is 3.60. The van der Waals surface area contributed by atoms with Crippen molar-refractivity contribution in [3.05, 3.63) is 45.9 Å². The summed E-state index contributed by atoms with van der Waals surface area (Å²) in [6.45, 7) is 2.14. The maximum Gasteiger partial charge on any atom is 0.273 e. The molecule has 0 saturated carbocycles. The van der Waals surface area contributed by atoms with E-state index in [0.717, 1.165) is 36.4 Å². The first-order chi connectivity index (χ1) is 11.5. The molecule has 1 saturated heterocycles. The van der Waals surface area contributed by atoms with Crippen molar-refractivity contribution in [1.29, 1.82) is 0 Å². The van der Waals surface area contributed by atoms with Crippen molar-refractivity contribution in [2.24, 2.45) is 0 Å². The summed E-state index contributed by atoms with van der Waals surface area (Å²) in [7, 11) is 0. The topological polar surface area (TPSA) is 62.3 Å². The monoisotopic (exact) mass is 363 g/mol. The molecule has 2 amide bonds. The van der Waals surface area contributed by atoms with Crippen molar-refractivity contribution in [3.63, 3.8) is 0 Å². The molecule has 1 N–H and O–H groups in total. The van der Waals surface area contributed by atoms with Gasteiger partial charge in [-0.05, 0) is 30.9 Å². The van der Waals surface area contributed by atoms with Crippen LogP contribution in [0.15, 0.2) is 29.6 Å². The van der Waals surface area contributed by atoms with E-state index in [2.05, 4.69) is 10.3 Å². The number of carbonyl (C=O) groups excluding carboxylic acids is 2. The number of carbonyl (C=O) groups is 2. The van der Waals surface area contributed by atoms with Crippen LogP contribution in [0.1, 0.15) is 35.8 Å². The summed E-state index contributed by atoms with van der Waals surface area (Å²) >= 11 is 7.51. The maximum atomic E-state index is 12.8. The summed E-state index contributed by atoms with van der Waals surface area (Å²) in [5.74, 6) is -0.279. The van der Waals surface area contributed by atoms with Gasteiger partial charge in [0.1, 0.15) is 5.69 Å². The molecule has 1 aliphatic heterocycles. The number of aromatic nitrogens is 1. The lowest BCUT2D eigenvalue weighted by Crippen LogP contribution is -2.37. The molecule has 1 unspecified atom stereocenters. The molecule has 3 rings (SSSR count). The minimum Gasteiger partial charge on any atom is -0.334 e. The SMILES string of the molecule is CC(=O)Nc1nc(C(=O)N2CCCC2Cc2ccccc2Cl)cs1. The molecular formula is C17H18ClN3O2S. The summed E-state index contributed by atoms with van der Waals surface area (Å²) in [4.78, 5) is 29.9. The zero-order valence-corrected chi connectivity index (χ0v) is 14.9. The third kappa shape index (κ3) is 3.76. The van der Waals surface area contributed by atoms with Gasteiger partial charge >= 0.3 is 0 Å². The number of nitrogens with zero attached hydrogens (tertiary/aromatic N) is 2. The number of nitrogens with one attached hydrogen (secondary N) is 1. The standard InChI is InChI=1S/C17H18ClN3O2S/c1-11(22)19-17-20-15(10-24-17)16(23)21-8-4-6-13(21)9-12-5-2-3-7-14(12)18/h2-3,5,7,10,13H,4,6,8-9H2,1H3,(H,19,20,22). The number of hydrogen-bond donors (Lipinski definition) is 1. The van der Waals surface area contributed by atoms with Gasteiger partial charge < -0.3 is 10.2 Å². The van der Waals surface area contributed by atoms with Crippen LogP contribution in [0.5, 0.6) is 0 Å². The van der Waals surface area contributed by atoms with Crippen molar-refractivity contribution in [3.8, 4) is 0 Å². The average molecular weight is 364 g/mol. The van der Waals surface area contributed by atoms with E-state index in [-0.39, 0.29) is 17.9 Å². The summed E-state index contributed by atoms with van der Waals surface area (Å²) in [6.07, 6.45) is 2.68. The molecule has 1 aromatic heterocycles. The number of benzene rings is 1. The van der Waals surface area contributed by atoms with Crippen LogP contribution in [0.2, 0.25) is 5.02 Å². The minimum atomic E-state index is -0.193. The first-order valence-corrected chi connectivity index (χ1v) is 9.08. The number of anilines is 1. The van der Waals surface area contributed by atoms with E-state index in [0.29, 0.717) is 10.8 Å². The number of thiazole rings is 1. The molecule has 7 heteroatoms. The number of rotatable bonds is 4. The smallest absolute Gasteiger partial charge is 0.273 e. The lowest BCUT2D eigenvalue weighted by atomic mass is 10.0. The Kier molecular flexibility index (Phi) is 5.16. The average Bonchev–Trinajstić information content (AvgIpc) is 3.18. The highest BCUT2D eigenvalue weighted by Crippen LogP contribution is 2.27. The minimum absolute atomic E-state index is 0.0857. The molecule has 1 aromatic carbocycles. The molecule has 2 aromatic rings. The van der Waals surface area contributed by atoms with Crippen molar-refractivity contribution in [2.75, 3.05) is 11.9 Å². The van der Waals surface area contributed by atoms with Crippen LogP contribution in [-0.4, -0.2) is 34.3 Å². The van der Waals surface area contributed by atoms with Crippen molar-refractivity contribution in [1.82, 2.24) is 9.88 Å². The van der Waals surface area contributed by atoms with Gasteiger partial charge in [0.05, 0.1) is 0 Å². The Hall–Kier alpha value is -1.92. The molecule has 0 aliphatic carbocycles. The largest absolute Gasteiger partial charge is 0.334 e. The van der Waals surface area contributed by atoms with Crippen LogP contribution in [-0.2, 0) is 11.2 Å². The molecular weight excluding hydrogens is 346 g/mol. The zero-order valence-electron chi connectivity index (χ0n) is 13.3. The molecule has 0 radical (unpaired) electrons. The molecule has 1 aliphatic rings. The second-order valence-corrected chi connectivity index (χ2v) is 7.07. The second kappa shape index (κ2) is 7.32.